The van der Waals surface area contributed by atoms with E-state index in [-0.39, 0.29) is 17.1 Å². The van der Waals surface area contributed by atoms with Gasteiger partial charge in [-0.3, -0.25) is 9.89 Å². The second kappa shape index (κ2) is 4.61. The van der Waals surface area contributed by atoms with Crippen molar-refractivity contribution in [1.82, 2.24) is 15.2 Å². The molecule has 0 aliphatic carbocycles. The van der Waals surface area contributed by atoms with E-state index < -0.39 is 0 Å². The number of fused-ring (bicyclic) bond motifs is 1. The molecule has 0 aliphatic heterocycles. The van der Waals surface area contributed by atoms with Gasteiger partial charge in [0.1, 0.15) is 5.75 Å². The maximum absolute atomic E-state index is 12.4. The first kappa shape index (κ1) is 12.6. The van der Waals surface area contributed by atoms with Crippen LogP contribution in [0.4, 0.5) is 0 Å². The Bertz CT molecular complexity index is 826. The van der Waals surface area contributed by atoms with E-state index >= 15 is 0 Å². The number of pyridine rings is 1. The zero-order chi connectivity index (χ0) is 14.3. The van der Waals surface area contributed by atoms with Gasteiger partial charge >= 0.3 is 0 Å². The molecular weight excluding hydrogens is 278 g/mol. The Kier molecular flexibility index (Phi) is 2.91. The highest BCUT2D eigenvalue weighted by molar-refractivity contribution is 6.31. The number of aromatic amines is 1. The number of nitrogens with zero attached hydrogens (tertiary/aromatic N) is 2. The van der Waals surface area contributed by atoms with Crippen molar-refractivity contribution in [3.05, 3.63) is 52.3 Å². The molecule has 5 nitrogen and oxygen atoms in total. The number of aryl methyl sites for hydroxylation is 1. The van der Waals surface area contributed by atoms with Gasteiger partial charge in [0.15, 0.2) is 11.4 Å². The second-order valence-corrected chi connectivity index (χ2v) is 4.87. The smallest absolute Gasteiger partial charge is 0.198 e. The Hall–Kier alpha value is -2.40. The van der Waals surface area contributed by atoms with Gasteiger partial charge in [0.2, 0.25) is 0 Å². The standard InChI is InChI=1S/C14H10ClN3O2/c1-7-10-4-8(6-16-14(10)18-17-7)13(20)11-5-9(15)2-3-12(11)19/h2-6,19H,1H3,(H,16,17,18). The lowest BCUT2D eigenvalue weighted by Gasteiger charge is -2.04. The van der Waals surface area contributed by atoms with E-state index in [1.807, 2.05) is 6.92 Å². The second-order valence-electron chi connectivity index (χ2n) is 4.43. The fourth-order valence-corrected chi connectivity index (χ4v) is 2.16. The Morgan fingerprint density at radius 2 is 2.15 bits per heavy atom. The van der Waals surface area contributed by atoms with Crippen molar-refractivity contribution >= 4 is 28.4 Å². The minimum absolute atomic E-state index is 0.108. The number of hydrogen-bond donors (Lipinski definition) is 2. The predicted octanol–water partition coefficient (Wildman–Crippen LogP) is 2.86. The summed E-state index contributed by atoms with van der Waals surface area (Å²) in [6.07, 6.45) is 1.44. The molecule has 20 heavy (non-hydrogen) atoms. The number of nitrogens with one attached hydrogen (secondary N) is 1. The van der Waals surface area contributed by atoms with Crippen LogP contribution in [0.3, 0.4) is 0 Å². The van der Waals surface area contributed by atoms with E-state index in [1.165, 1.54) is 24.4 Å². The monoisotopic (exact) mass is 287 g/mol. The summed E-state index contributed by atoms with van der Waals surface area (Å²) >= 11 is 5.86. The number of ketones is 1. The van der Waals surface area contributed by atoms with E-state index in [0.29, 0.717) is 16.2 Å². The molecule has 0 fully saturated rings. The number of carbonyl (C=O) groups is 1. The average molecular weight is 288 g/mol. The highest BCUT2D eigenvalue weighted by Crippen LogP contribution is 2.25. The van der Waals surface area contributed by atoms with E-state index in [4.69, 9.17) is 11.6 Å². The molecular formula is C14H10ClN3O2. The van der Waals surface area contributed by atoms with Crippen LogP contribution in [0.1, 0.15) is 21.6 Å². The van der Waals surface area contributed by atoms with Gasteiger partial charge in [-0.25, -0.2) is 4.98 Å². The van der Waals surface area contributed by atoms with Crippen LogP contribution in [0.2, 0.25) is 5.02 Å². The Morgan fingerprint density at radius 3 is 2.95 bits per heavy atom. The number of rotatable bonds is 2. The molecule has 0 spiro atoms. The number of phenols is 1. The van der Waals surface area contributed by atoms with E-state index in [9.17, 15) is 9.90 Å². The Labute approximate surface area is 119 Å². The molecule has 2 heterocycles. The lowest BCUT2D eigenvalue weighted by atomic mass is 10.0. The van der Waals surface area contributed by atoms with Crippen molar-refractivity contribution in [2.75, 3.05) is 0 Å². The molecule has 0 atom stereocenters. The van der Waals surface area contributed by atoms with Gasteiger partial charge in [0.25, 0.3) is 0 Å². The summed E-state index contributed by atoms with van der Waals surface area (Å²) in [5, 5.41) is 17.8. The number of H-pyrrole nitrogens is 1. The number of hydrogen-bond acceptors (Lipinski definition) is 4. The highest BCUT2D eigenvalue weighted by Gasteiger charge is 2.16. The van der Waals surface area contributed by atoms with Crippen molar-refractivity contribution in [2.45, 2.75) is 6.92 Å². The molecule has 0 aliphatic rings. The Balaban J connectivity index is 2.12. The fourth-order valence-electron chi connectivity index (χ4n) is 1.99. The van der Waals surface area contributed by atoms with Crippen LogP contribution in [-0.4, -0.2) is 26.1 Å². The third-order valence-electron chi connectivity index (χ3n) is 3.07. The number of aromatic nitrogens is 3. The largest absolute Gasteiger partial charge is 0.507 e. The first-order valence-corrected chi connectivity index (χ1v) is 6.28. The summed E-state index contributed by atoms with van der Waals surface area (Å²) in [6, 6.07) is 6.05. The number of phenolic OH excluding ortho intramolecular Hbond substituents is 1. The molecule has 1 aromatic carbocycles. The molecule has 100 valence electrons. The van der Waals surface area contributed by atoms with E-state index in [2.05, 4.69) is 15.2 Å². The number of carbonyl (C=O) groups excluding carboxylic acids is 1. The third kappa shape index (κ3) is 2.02. The molecule has 0 saturated carbocycles. The third-order valence-corrected chi connectivity index (χ3v) is 3.30. The molecule has 0 bridgehead atoms. The molecule has 0 radical (unpaired) electrons. The summed E-state index contributed by atoms with van der Waals surface area (Å²) in [5.74, 6) is -0.441. The topological polar surface area (TPSA) is 78.9 Å². The summed E-state index contributed by atoms with van der Waals surface area (Å²) in [5.41, 5.74) is 1.91. The minimum atomic E-state index is -0.333. The molecule has 2 aromatic heterocycles. The van der Waals surface area contributed by atoms with Gasteiger partial charge < -0.3 is 5.11 Å². The Morgan fingerprint density at radius 1 is 1.35 bits per heavy atom. The average Bonchev–Trinajstić information content (AvgIpc) is 2.82. The molecule has 3 aromatic rings. The van der Waals surface area contributed by atoms with Gasteiger partial charge in [0.05, 0.1) is 5.56 Å². The van der Waals surface area contributed by atoms with Crippen LogP contribution < -0.4 is 0 Å². The number of aromatic hydroxyl groups is 1. The normalized spacial score (nSPS) is 10.9. The van der Waals surface area contributed by atoms with Crippen LogP contribution in [0.25, 0.3) is 11.0 Å². The van der Waals surface area contributed by atoms with Gasteiger partial charge in [0, 0.05) is 27.9 Å². The zero-order valence-corrected chi connectivity index (χ0v) is 11.3. The molecule has 3 rings (SSSR count). The van der Waals surface area contributed by atoms with Crippen molar-refractivity contribution in [1.29, 1.82) is 0 Å². The minimum Gasteiger partial charge on any atom is -0.507 e. The van der Waals surface area contributed by atoms with Crippen molar-refractivity contribution in [3.63, 3.8) is 0 Å². The van der Waals surface area contributed by atoms with Crippen LogP contribution in [0, 0.1) is 6.92 Å². The summed E-state index contributed by atoms with van der Waals surface area (Å²) < 4.78 is 0. The van der Waals surface area contributed by atoms with Crippen molar-refractivity contribution in [3.8, 4) is 5.75 Å². The van der Waals surface area contributed by atoms with Gasteiger partial charge in [-0.1, -0.05) is 11.6 Å². The molecule has 6 heteroatoms. The van der Waals surface area contributed by atoms with Gasteiger partial charge in [-0.2, -0.15) is 5.10 Å². The molecule has 2 N–H and O–H groups in total. The first-order valence-electron chi connectivity index (χ1n) is 5.90. The molecule has 0 amide bonds. The van der Waals surface area contributed by atoms with Crippen molar-refractivity contribution < 1.29 is 9.90 Å². The zero-order valence-electron chi connectivity index (χ0n) is 10.5. The van der Waals surface area contributed by atoms with E-state index in [0.717, 1.165) is 11.1 Å². The molecule has 0 saturated heterocycles. The highest BCUT2D eigenvalue weighted by atomic mass is 35.5. The summed E-state index contributed by atoms with van der Waals surface area (Å²) in [6.45, 7) is 1.85. The van der Waals surface area contributed by atoms with Crippen LogP contribution in [0.5, 0.6) is 5.75 Å². The van der Waals surface area contributed by atoms with Crippen molar-refractivity contribution in [2.24, 2.45) is 0 Å². The number of benzene rings is 1. The molecule has 0 unspecified atom stereocenters. The summed E-state index contributed by atoms with van der Waals surface area (Å²) in [7, 11) is 0. The van der Waals surface area contributed by atoms with E-state index in [1.54, 1.807) is 6.07 Å². The predicted molar refractivity (Wildman–Crippen MR) is 75.2 cm³/mol. The van der Waals surface area contributed by atoms with Crippen LogP contribution in [0.15, 0.2) is 30.5 Å². The SMILES string of the molecule is Cc1[nH]nc2ncc(C(=O)c3cc(Cl)ccc3O)cc12. The summed E-state index contributed by atoms with van der Waals surface area (Å²) in [4.78, 5) is 16.5. The van der Waals surface area contributed by atoms with Gasteiger partial charge in [-0.05, 0) is 31.2 Å². The maximum atomic E-state index is 12.4. The first-order chi connectivity index (χ1) is 9.56. The van der Waals surface area contributed by atoms with Crippen LogP contribution in [-0.2, 0) is 0 Å². The van der Waals surface area contributed by atoms with Crippen LogP contribution >= 0.6 is 11.6 Å². The number of halogens is 1. The quantitative estimate of drug-likeness (QED) is 0.710. The lowest BCUT2D eigenvalue weighted by Crippen LogP contribution is -2.02. The van der Waals surface area contributed by atoms with Gasteiger partial charge in [-0.15, -0.1) is 0 Å². The maximum Gasteiger partial charge on any atom is 0.198 e. The lowest BCUT2D eigenvalue weighted by molar-refractivity contribution is 0.103. The fraction of sp³-hybridized carbons (Fsp3) is 0.0714.